The molecule has 0 saturated carbocycles. The van der Waals surface area contributed by atoms with Gasteiger partial charge in [-0.15, -0.1) is 0 Å². The van der Waals surface area contributed by atoms with Crippen LogP contribution in [0.2, 0.25) is 0 Å². The van der Waals surface area contributed by atoms with Crippen LogP contribution in [0.5, 0.6) is 0 Å². The summed E-state index contributed by atoms with van der Waals surface area (Å²) in [6.07, 6.45) is 1.50. The third kappa shape index (κ3) is 3.70. The van der Waals surface area contributed by atoms with Crippen LogP contribution in [0, 0.1) is 13.8 Å². The number of carbonyl (C=O) groups excluding carboxylic acids is 1. The van der Waals surface area contributed by atoms with Crippen LogP contribution in [0.25, 0.3) is 22.3 Å². The van der Waals surface area contributed by atoms with Gasteiger partial charge < -0.3 is 5.32 Å². The molecule has 0 saturated heterocycles. The molecule has 0 radical (unpaired) electrons. The molecule has 0 aliphatic heterocycles. The van der Waals surface area contributed by atoms with E-state index in [1.165, 1.54) is 10.9 Å². The first-order valence-electron chi connectivity index (χ1n) is 10.5. The third-order valence-corrected chi connectivity index (χ3v) is 5.60. The van der Waals surface area contributed by atoms with Gasteiger partial charge in [0, 0.05) is 5.56 Å². The lowest BCUT2D eigenvalue weighted by Gasteiger charge is -2.09. The van der Waals surface area contributed by atoms with E-state index in [1.807, 2.05) is 61.0 Å². The van der Waals surface area contributed by atoms with Crippen LogP contribution in [-0.4, -0.2) is 25.2 Å². The van der Waals surface area contributed by atoms with E-state index in [0.29, 0.717) is 27.8 Å². The fourth-order valence-electron chi connectivity index (χ4n) is 3.86. The number of anilines is 1. The summed E-state index contributed by atoms with van der Waals surface area (Å²) in [7, 11) is 0. The molecule has 162 valence electrons. The quantitative estimate of drug-likeness (QED) is 0.452. The highest BCUT2D eigenvalue weighted by atomic mass is 16.1. The maximum atomic E-state index is 12.9. The largest absolute Gasteiger partial charge is 0.319 e. The summed E-state index contributed by atoms with van der Waals surface area (Å²) in [4.78, 5) is 30.1. The molecule has 0 unspecified atom stereocenters. The standard InChI is InChI=1S/C26H21N5O2/c1-17-24(18(2)31(29-17)21-8-4-3-5-9-21)28-25(32)19-12-14-20(15-13-19)30-16-27-23-11-7-6-10-22(23)26(30)33/h3-16H,1-2H3,(H,28,32). The van der Waals surface area contributed by atoms with Gasteiger partial charge in [0.15, 0.2) is 0 Å². The van der Waals surface area contributed by atoms with Gasteiger partial charge in [-0.05, 0) is 62.4 Å². The molecule has 1 amide bonds. The zero-order valence-electron chi connectivity index (χ0n) is 18.2. The van der Waals surface area contributed by atoms with Gasteiger partial charge in [0.1, 0.15) is 6.33 Å². The summed E-state index contributed by atoms with van der Waals surface area (Å²) >= 11 is 0. The second kappa shape index (κ2) is 8.20. The van der Waals surface area contributed by atoms with Crippen molar-refractivity contribution in [3.05, 3.63) is 112 Å². The van der Waals surface area contributed by atoms with Crippen LogP contribution >= 0.6 is 0 Å². The SMILES string of the molecule is Cc1nn(-c2ccccc2)c(C)c1NC(=O)c1ccc(-n2cnc3ccccc3c2=O)cc1. The van der Waals surface area contributed by atoms with Crippen molar-refractivity contribution in [1.82, 2.24) is 19.3 Å². The fourth-order valence-corrected chi connectivity index (χ4v) is 3.86. The smallest absolute Gasteiger partial charge is 0.265 e. The maximum Gasteiger partial charge on any atom is 0.265 e. The number of aromatic nitrogens is 4. The lowest BCUT2D eigenvalue weighted by molar-refractivity contribution is 0.102. The van der Waals surface area contributed by atoms with Gasteiger partial charge in [0.25, 0.3) is 11.5 Å². The highest BCUT2D eigenvalue weighted by Gasteiger charge is 2.16. The molecule has 2 heterocycles. The molecular weight excluding hydrogens is 414 g/mol. The molecule has 33 heavy (non-hydrogen) atoms. The van der Waals surface area contributed by atoms with Crippen molar-refractivity contribution in [2.24, 2.45) is 0 Å². The molecule has 0 bridgehead atoms. The van der Waals surface area contributed by atoms with E-state index < -0.39 is 0 Å². The average Bonchev–Trinajstić information content (AvgIpc) is 3.13. The molecule has 0 spiro atoms. The van der Waals surface area contributed by atoms with Crippen molar-refractivity contribution < 1.29 is 4.79 Å². The number of amides is 1. The van der Waals surface area contributed by atoms with Crippen LogP contribution in [-0.2, 0) is 0 Å². The lowest BCUT2D eigenvalue weighted by atomic mass is 10.1. The van der Waals surface area contributed by atoms with Crippen molar-refractivity contribution in [2.45, 2.75) is 13.8 Å². The van der Waals surface area contributed by atoms with Crippen molar-refractivity contribution in [2.75, 3.05) is 5.32 Å². The molecule has 7 nitrogen and oxygen atoms in total. The van der Waals surface area contributed by atoms with E-state index in [2.05, 4.69) is 15.4 Å². The van der Waals surface area contributed by atoms with Crippen LogP contribution in [0.3, 0.4) is 0 Å². The predicted molar refractivity (Wildman–Crippen MR) is 128 cm³/mol. The first-order valence-corrected chi connectivity index (χ1v) is 10.5. The normalized spacial score (nSPS) is 11.0. The predicted octanol–water partition coefficient (Wildman–Crippen LogP) is 4.44. The number of benzene rings is 3. The van der Waals surface area contributed by atoms with Crippen LogP contribution in [0.1, 0.15) is 21.7 Å². The van der Waals surface area contributed by atoms with Crippen LogP contribution < -0.4 is 10.9 Å². The van der Waals surface area contributed by atoms with Crippen molar-refractivity contribution in [3.8, 4) is 11.4 Å². The molecule has 0 fully saturated rings. The summed E-state index contributed by atoms with van der Waals surface area (Å²) < 4.78 is 3.29. The lowest BCUT2D eigenvalue weighted by Crippen LogP contribution is -2.19. The minimum atomic E-state index is -0.246. The Bertz CT molecular complexity index is 1530. The molecule has 1 N–H and O–H groups in total. The monoisotopic (exact) mass is 435 g/mol. The molecule has 0 aliphatic rings. The first kappa shape index (κ1) is 20.4. The van der Waals surface area contributed by atoms with E-state index in [0.717, 1.165) is 17.1 Å². The van der Waals surface area contributed by atoms with Crippen LogP contribution in [0.4, 0.5) is 5.69 Å². The first-order chi connectivity index (χ1) is 16.0. The van der Waals surface area contributed by atoms with Gasteiger partial charge in [-0.3, -0.25) is 14.2 Å². The molecule has 3 aromatic carbocycles. The number of nitrogens with one attached hydrogen (secondary N) is 1. The number of rotatable bonds is 4. The van der Waals surface area contributed by atoms with E-state index in [-0.39, 0.29) is 11.5 Å². The Kier molecular flexibility index (Phi) is 5.06. The van der Waals surface area contributed by atoms with Crippen molar-refractivity contribution in [1.29, 1.82) is 0 Å². The fraction of sp³-hybridized carbons (Fsp3) is 0.0769. The Morgan fingerprint density at radius 3 is 2.30 bits per heavy atom. The van der Waals surface area contributed by atoms with Gasteiger partial charge in [-0.25, -0.2) is 9.67 Å². The molecule has 0 atom stereocenters. The average molecular weight is 435 g/mol. The highest BCUT2D eigenvalue weighted by molar-refractivity contribution is 6.05. The zero-order chi connectivity index (χ0) is 22.9. The van der Waals surface area contributed by atoms with Crippen molar-refractivity contribution >= 4 is 22.5 Å². The summed E-state index contributed by atoms with van der Waals surface area (Å²) in [6, 6.07) is 23.8. The van der Waals surface area contributed by atoms with E-state index in [4.69, 9.17) is 0 Å². The van der Waals surface area contributed by atoms with Gasteiger partial charge >= 0.3 is 0 Å². The zero-order valence-corrected chi connectivity index (χ0v) is 18.2. The Morgan fingerprint density at radius 1 is 0.848 bits per heavy atom. The Labute approximate surface area is 190 Å². The molecular formula is C26H21N5O2. The Hall–Kier alpha value is -4.52. The summed E-state index contributed by atoms with van der Waals surface area (Å²) in [5, 5.41) is 8.09. The van der Waals surface area contributed by atoms with E-state index in [1.54, 1.807) is 36.4 Å². The molecule has 0 aliphatic carbocycles. The van der Waals surface area contributed by atoms with Gasteiger partial charge in [-0.1, -0.05) is 30.3 Å². The Morgan fingerprint density at radius 2 is 1.55 bits per heavy atom. The number of nitrogens with zero attached hydrogens (tertiary/aromatic N) is 4. The third-order valence-electron chi connectivity index (χ3n) is 5.60. The number of aryl methyl sites for hydroxylation is 1. The topological polar surface area (TPSA) is 81.8 Å². The van der Waals surface area contributed by atoms with Gasteiger partial charge in [0.05, 0.1) is 39.4 Å². The molecule has 5 aromatic rings. The molecule has 2 aromatic heterocycles. The second-order valence-corrected chi connectivity index (χ2v) is 7.73. The summed E-state index contributed by atoms with van der Waals surface area (Å²) in [5.74, 6) is -0.246. The van der Waals surface area contributed by atoms with Crippen molar-refractivity contribution in [3.63, 3.8) is 0 Å². The maximum absolute atomic E-state index is 12.9. The number of carbonyl (C=O) groups is 1. The Balaban J connectivity index is 1.41. The summed E-state index contributed by atoms with van der Waals surface area (Å²) in [6.45, 7) is 3.79. The van der Waals surface area contributed by atoms with Gasteiger partial charge in [-0.2, -0.15) is 5.10 Å². The van der Waals surface area contributed by atoms with Crippen LogP contribution in [0.15, 0.2) is 90.0 Å². The number of hydrogen-bond acceptors (Lipinski definition) is 4. The minimum Gasteiger partial charge on any atom is -0.319 e. The molecule has 5 rings (SSSR count). The molecule has 7 heteroatoms. The number of hydrogen-bond donors (Lipinski definition) is 1. The minimum absolute atomic E-state index is 0.155. The van der Waals surface area contributed by atoms with E-state index in [9.17, 15) is 9.59 Å². The number of para-hydroxylation sites is 2. The van der Waals surface area contributed by atoms with E-state index >= 15 is 0 Å². The number of fused-ring (bicyclic) bond motifs is 1. The van der Waals surface area contributed by atoms with Gasteiger partial charge in [0.2, 0.25) is 0 Å². The highest BCUT2D eigenvalue weighted by Crippen LogP contribution is 2.23. The summed E-state index contributed by atoms with van der Waals surface area (Å²) in [5.41, 5.74) is 4.80. The second-order valence-electron chi connectivity index (χ2n) is 7.73.